The minimum absolute atomic E-state index is 0.559. The number of rotatable bonds is 6. The van der Waals surface area contributed by atoms with Crippen molar-refractivity contribution in [3.63, 3.8) is 0 Å². The van der Waals surface area contributed by atoms with Crippen LogP contribution in [0.3, 0.4) is 0 Å². The molecule has 11 aromatic rings. The Morgan fingerprint density at radius 2 is 0.786 bits per heavy atom. The van der Waals surface area contributed by atoms with E-state index in [1.54, 1.807) is 0 Å². The van der Waals surface area contributed by atoms with Crippen molar-refractivity contribution in [3.05, 3.63) is 200 Å². The van der Waals surface area contributed by atoms with Crippen molar-refractivity contribution in [1.82, 2.24) is 24.1 Å². The molecule has 0 aliphatic carbocycles. The molecule has 0 saturated heterocycles. The monoisotopic (exact) mass is 715 g/mol. The van der Waals surface area contributed by atoms with Crippen LogP contribution in [0.25, 0.3) is 100 Å². The van der Waals surface area contributed by atoms with E-state index in [1.165, 1.54) is 10.9 Å². The van der Waals surface area contributed by atoms with Crippen molar-refractivity contribution >= 4 is 43.6 Å². The Balaban J connectivity index is 1.27. The first-order valence-electron chi connectivity index (χ1n) is 18.9. The third kappa shape index (κ3) is 5.21. The Kier molecular flexibility index (Phi) is 7.42. The van der Waals surface area contributed by atoms with Crippen LogP contribution in [0.15, 0.2) is 200 Å². The van der Waals surface area contributed by atoms with Gasteiger partial charge < -0.3 is 4.57 Å². The summed E-state index contributed by atoms with van der Waals surface area (Å²) in [6, 6.07) is 70.3. The van der Waals surface area contributed by atoms with E-state index >= 15 is 0 Å². The van der Waals surface area contributed by atoms with Crippen LogP contribution in [0.1, 0.15) is 0 Å². The van der Waals surface area contributed by atoms with Gasteiger partial charge in [-0.25, -0.2) is 4.98 Å². The summed E-state index contributed by atoms with van der Waals surface area (Å²) in [7, 11) is 0. The summed E-state index contributed by atoms with van der Waals surface area (Å²) in [6.45, 7) is 0. The van der Waals surface area contributed by atoms with Crippen LogP contribution in [-0.2, 0) is 0 Å². The van der Waals surface area contributed by atoms with Crippen LogP contribution in [0.4, 0.5) is 0 Å². The molecule has 0 amide bonds. The molecule has 0 aliphatic rings. The van der Waals surface area contributed by atoms with Gasteiger partial charge in [0.2, 0.25) is 5.95 Å². The maximum Gasteiger partial charge on any atom is 0.238 e. The molecule has 262 valence electrons. The molecule has 5 nitrogen and oxygen atoms in total. The molecule has 3 heterocycles. The fraction of sp³-hybridized carbons (Fsp3) is 0. The lowest BCUT2D eigenvalue weighted by Crippen LogP contribution is -2.07. The van der Waals surface area contributed by atoms with E-state index in [4.69, 9.17) is 15.0 Å². The zero-order valence-electron chi connectivity index (χ0n) is 30.3. The van der Waals surface area contributed by atoms with Gasteiger partial charge in [-0.2, -0.15) is 9.97 Å². The molecule has 0 aliphatic heterocycles. The Morgan fingerprint density at radius 3 is 1.48 bits per heavy atom. The van der Waals surface area contributed by atoms with Gasteiger partial charge in [-0.05, 0) is 58.7 Å². The number of nitrogens with zero attached hydrogens (tertiary/aromatic N) is 5. The minimum Gasteiger partial charge on any atom is -0.307 e. The van der Waals surface area contributed by atoms with Gasteiger partial charge in [-0.15, -0.1) is 0 Å². The molecule has 5 heteroatoms. The average molecular weight is 716 g/mol. The average Bonchev–Trinajstić information content (AvgIpc) is 3.80. The van der Waals surface area contributed by atoms with Gasteiger partial charge in [0.1, 0.15) is 0 Å². The summed E-state index contributed by atoms with van der Waals surface area (Å²) in [4.78, 5) is 15.9. The van der Waals surface area contributed by atoms with Gasteiger partial charge in [0, 0.05) is 38.4 Å². The number of fused-ring (bicyclic) bond motifs is 7. The molecule has 0 fully saturated rings. The molecule has 0 radical (unpaired) electrons. The van der Waals surface area contributed by atoms with Crippen molar-refractivity contribution in [2.75, 3.05) is 0 Å². The van der Waals surface area contributed by atoms with E-state index in [-0.39, 0.29) is 0 Å². The standard InChI is InChI=1S/C51H33N5/c1-5-16-34(17-6-1)37-22-15-23-39(32-37)50-52-49(36-20-9-3-10-21-36)53-51(54-50)56-46-31-28-38(35-18-7-2-8-19-35)33-44(46)43-30-29-42-41-26-13-14-27-45(41)55(47(42)48(43)56)40-24-11-4-12-25-40/h1-33H. The van der Waals surface area contributed by atoms with E-state index in [1.807, 2.05) is 24.3 Å². The molecule has 11 rings (SSSR count). The first kappa shape index (κ1) is 31.9. The number of hydrogen-bond acceptors (Lipinski definition) is 3. The molecule has 0 N–H and O–H groups in total. The van der Waals surface area contributed by atoms with Crippen molar-refractivity contribution in [1.29, 1.82) is 0 Å². The number of hydrogen-bond donors (Lipinski definition) is 0. The topological polar surface area (TPSA) is 48.5 Å². The second-order valence-electron chi connectivity index (χ2n) is 14.1. The van der Waals surface area contributed by atoms with Crippen LogP contribution in [0, 0.1) is 0 Å². The van der Waals surface area contributed by atoms with Crippen LogP contribution >= 0.6 is 0 Å². The third-order valence-electron chi connectivity index (χ3n) is 10.8. The second kappa shape index (κ2) is 13.0. The molecule has 0 saturated carbocycles. The summed E-state index contributed by atoms with van der Waals surface area (Å²) in [5.74, 6) is 1.78. The highest BCUT2D eigenvalue weighted by atomic mass is 15.2. The lowest BCUT2D eigenvalue weighted by molar-refractivity contribution is 0.953. The first-order valence-corrected chi connectivity index (χ1v) is 18.9. The Hall–Kier alpha value is -7.63. The SMILES string of the molecule is c1ccc(-c2cccc(-c3nc(-c4ccccc4)nc(-n4c5ccc(-c6ccccc6)cc5c5ccc6c7ccccc7n(-c7ccccc7)c6c54)n3)c2)cc1. The zero-order chi connectivity index (χ0) is 37.0. The fourth-order valence-corrected chi connectivity index (χ4v) is 8.19. The fourth-order valence-electron chi connectivity index (χ4n) is 8.19. The Labute approximate surface area is 323 Å². The number of para-hydroxylation sites is 2. The summed E-state index contributed by atoms with van der Waals surface area (Å²) in [5, 5.41) is 4.61. The number of aromatic nitrogens is 5. The highest BCUT2D eigenvalue weighted by Crippen LogP contribution is 2.42. The molecular formula is C51H33N5. The molecule has 56 heavy (non-hydrogen) atoms. The number of benzene rings is 8. The van der Waals surface area contributed by atoms with Crippen molar-refractivity contribution in [2.45, 2.75) is 0 Å². The van der Waals surface area contributed by atoms with Crippen LogP contribution < -0.4 is 0 Å². The molecule has 0 unspecified atom stereocenters. The highest BCUT2D eigenvalue weighted by molar-refractivity contribution is 6.24. The van der Waals surface area contributed by atoms with Gasteiger partial charge in [0.05, 0.1) is 22.1 Å². The molecular weight excluding hydrogens is 683 g/mol. The van der Waals surface area contributed by atoms with Crippen LogP contribution in [0.5, 0.6) is 0 Å². The van der Waals surface area contributed by atoms with E-state index in [0.717, 1.165) is 71.7 Å². The predicted octanol–water partition coefficient (Wildman–Crippen LogP) is 12.7. The van der Waals surface area contributed by atoms with E-state index in [9.17, 15) is 0 Å². The largest absolute Gasteiger partial charge is 0.307 e. The molecule has 0 spiro atoms. The molecule has 0 bridgehead atoms. The van der Waals surface area contributed by atoms with Crippen molar-refractivity contribution in [2.24, 2.45) is 0 Å². The summed E-state index contributed by atoms with van der Waals surface area (Å²) < 4.78 is 4.66. The summed E-state index contributed by atoms with van der Waals surface area (Å²) >= 11 is 0. The first-order chi connectivity index (χ1) is 27.8. The zero-order valence-corrected chi connectivity index (χ0v) is 30.3. The van der Waals surface area contributed by atoms with Crippen molar-refractivity contribution < 1.29 is 0 Å². The van der Waals surface area contributed by atoms with E-state index in [2.05, 4.69) is 185 Å². The van der Waals surface area contributed by atoms with Gasteiger partial charge in [0.15, 0.2) is 11.6 Å². The highest BCUT2D eigenvalue weighted by Gasteiger charge is 2.24. The third-order valence-corrected chi connectivity index (χ3v) is 10.8. The summed E-state index contributed by atoms with van der Waals surface area (Å²) in [6.07, 6.45) is 0. The van der Waals surface area contributed by atoms with E-state index < -0.39 is 0 Å². The lowest BCUT2D eigenvalue weighted by atomic mass is 10.0. The maximum atomic E-state index is 5.38. The van der Waals surface area contributed by atoms with Gasteiger partial charge in [0.25, 0.3) is 0 Å². The normalized spacial score (nSPS) is 11.6. The molecule has 0 atom stereocenters. The Bertz CT molecular complexity index is 3220. The Morgan fingerprint density at radius 1 is 0.286 bits per heavy atom. The van der Waals surface area contributed by atoms with Gasteiger partial charge in [-0.1, -0.05) is 164 Å². The minimum atomic E-state index is 0.559. The molecule has 3 aromatic heterocycles. The van der Waals surface area contributed by atoms with Gasteiger partial charge >= 0.3 is 0 Å². The lowest BCUT2D eigenvalue weighted by Gasteiger charge is -2.13. The molecule has 8 aromatic carbocycles. The smallest absolute Gasteiger partial charge is 0.238 e. The van der Waals surface area contributed by atoms with Gasteiger partial charge in [-0.3, -0.25) is 4.57 Å². The maximum absolute atomic E-state index is 5.38. The van der Waals surface area contributed by atoms with E-state index in [0.29, 0.717) is 17.6 Å². The van der Waals surface area contributed by atoms with Crippen LogP contribution in [-0.4, -0.2) is 24.1 Å². The summed E-state index contributed by atoms with van der Waals surface area (Å²) in [5.41, 5.74) is 11.8. The predicted molar refractivity (Wildman–Crippen MR) is 230 cm³/mol. The quantitative estimate of drug-likeness (QED) is 0.172. The van der Waals surface area contributed by atoms with Crippen molar-refractivity contribution in [3.8, 4) is 56.7 Å². The van der Waals surface area contributed by atoms with Crippen LogP contribution in [0.2, 0.25) is 0 Å². The second-order valence-corrected chi connectivity index (χ2v) is 14.1.